The number of aromatic nitrogens is 2. The van der Waals surface area contributed by atoms with Gasteiger partial charge in [0.25, 0.3) is 0 Å². The monoisotopic (exact) mass is 450 g/mol. The second kappa shape index (κ2) is 8.29. The Bertz CT molecular complexity index is 1150. The standard InChI is InChI=1S/C24H23BrN2O2/c1-4-28-22-13-18(24-26-20-10-7-16(3)11-21(20)27-24)12-19(25)23(22)29-14-17-8-5-15(2)6-9-17/h5-13H,4,14H2,1-3H3,(H,26,27). The number of imidazole rings is 1. The molecule has 1 aromatic heterocycles. The highest BCUT2D eigenvalue weighted by atomic mass is 79.9. The molecule has 0 aliphatic heterocycles. The fraction of sp³-hybridized carbons (Fsp3) is 0.208. The van der Waals surface area contributed by atoms with Crippen LogP contribution >= 0.6 is 15.9 Å². The summed E-state index contributed by atoms with van der Waals surface area (Å²) in [6.45, 7) is 7.14. The van der Waals surface area contributed by atoms with Crippen molar-refractivity contribution in [3.8, 4) is 22.9 Å². The van der Waals surface area contributed by atoms with E-state index in [2.05, 4.69) is 71.2 Å². The van der Waals surface area contributed by atoms with Gasteiger partial charge in [-0.3, -0.25) is 0 Å². The number of fused-ring (bicyclic) bond motifs is 1. The number of halogens is 1. The highest BCUT2D eigenvalue weighted by molar-refractivity contribution is 9.10. The van der Waals surface area contributed by atoms with Gasteiger partial charge in [-0.25, -0.2) is 4.98 Å². The first-order valence-corrected chi connectivity index (χ1v) is 10.4. The Hall–Kier alpha value is -2.79. The first kappa shape index (κ1) is 19.5. The number of hydrogen-bond acceptors (Lipinski definition) is 3. The van der Waals surface area contributed by atoms with Gasteiger partial charge in [-0.2, -0.15) is 0 Å². The molecule has 0 unspecified atom stereocenters. The third kappa shape index (κ3) is 4.30. The molecular weight excluding hydrogens is 428 g/mol. The lowest BCUT2D eigenvalue weighted by atomic mass is 10.1. The minimum Gasteiger partial charge on any atom is -0.490 e. The van der Waals surface area contributed by atoms with E-state index in [4.69, 9.17) is 14.5 Å². The number of H-pyrrole nitrogens is 1. The molecular formula is C24H23BrN2O2. The average molecular weight is 451 g/mol. The molecule has 0 saturated carbocycles. The molecule has 4 nitrogen and oxygen atoms in total. The molecule has 1 N–H and O–H groups in total. The maximum Gasteiger partial charge on any atom is 0.175 e. The van der Waals surface area contributed by atoms with Gasteiger partial charge in [0.05, 0.1) is 22.1 Å². The van der Waals surface area contributed by atoms with E-state index < -0.39 is 0 Å². The topological polar surface area (TPSA) is 47.1 Å². The van der Waals surface area contributed by atoms with Gasteiger partial charge in [-0.05, 0) is 72.1 Å². The molecule has 5 heteroatoms. The van der Waals surface area contributed by atoms with Crippen LogP contribution in [0.25, 0.3) is 22.4 Å². The van der Waals surface area contributed by atoms with Gasteiger partial charge >= 0.3 is 0 Å². The zero-order valence-electron chi connectivity index (χ0n) is 16.8. The van der Waals surface area contributed by atoms with Gasteiger partial charge < -0.3 is 14.5 Å². The average Bonchev–Trinajstić information content (AvgIpc) is 3.12. The van der Waals surface area contributed by atoms with Crippen LogP contribution < -0.4 is 9.47 Å². The third-order valence-electron chi connectivity index (χ3n) is 4.72. The van der Waals surface area contributed by atoms with Gasteiger partial charge in [0, 0.05) is 5.56 Å². The van der Waals surface area contributed by atoms with Crippen LogP contribution in [0.3, 0.4) is 0 Å². The molecule has 0 spiro atoms. The first-order chi connectivity index (χ1) is 14.0. The maximum atomic E-state index is 6.11. The van der Waals surface area contributed by atoms with E-state index in [-0.39, 0.29) is 0 Å². The van der Waals surface area contributed by atoms with Crippen LogP contribution in [0.5, 0.6) is 11.5 Å². The molecule has 0 bridgehead atoms. The molecule has 0 amide bonds. The molecule has 0 aliphatic carbocycles. The van der Waals surface area contributed by atoms with Crippen LogP contribution in [0.4, 0.5) is 0 Å². The Kier molecular flexibility index (Phi) is 5.58. The number of ether oxygens (including phenoxy) is 2. The molecule has 0 fully saturated rings. The van der Waals surface area contributed by atoms with Gasteiger partial charge in [-0.15, -0.1) is 0 Å². The van der Waals surface area contributed by atoms with Crippen molar-refractivity contribution in [1.29, 1.82) is 0 Å². The Morgan fingerprint density at radius 1 is 0.931 bits per heavy atom. The SMILES string of the molecule is CCOc1cc(-c2nc3ccc(C)cc3[nH]2)cc(Br)c1OCc1ccc(C)cc1. The summed E-state index contributed by atoms with van der Waals surface area (Å²) in [5, 5.41) is 0. The van der Waals surface area contributed by atoms with E-state index in [1.54, 1.807) is 0 Å². The summed E-state index contributed by atoms with van der Waals surface area (Å²) in [5.41, 5.74) is 6.45. The van der Waals surface area contributed by atoms with E-state index in [1.165, 1.54) is 11.1 Å². The molecule has 4 aromatic rings. The Morgan fingerprint density at radius 2 is 1.69 bits per heavy atom. The summed E-state index contributed by atoms with van der Waals surface area (Å²) in [6.07, 6.45) is 0. The fourth-order valence-electron chi connectivity index (χ4n) is 3.21. The second-order valence-corrected chi connectivity index (χ2v) is 7.95. The van der Waals surface area contributed by atoms with E-state index in [0.29, 0.717) is 24.7 Å². The summed E-state index contributed by atoms with van der Waals surface area (Å²) in [4.78, 5) is 8.13. The second-order valence-electron chi connectivity index (χ2n) is 7.10. The number of aromatic amines is 1. The van der Waals surface area contributed by atoms with E-state index >= 15 is 0 Å². The molecule has 0 saturated heterocycles. The van der Waals surface area contributed by atoms with Crippen LogP contribution in [0.2, 0.25) is 0 Å². The van der Waals surface area contributed by atoms with Crippen molar-refractivity contribution in [2.75, 3.05) is 6.61 Å². The lowest BCUT2D eigenvalue weighted by Crippen LogP contribution is -2.01. The molecule has 1 heterocycles. The van der Waals surface area contributed by atoms with Gasteiger partial charge in [0.1, 0.15) is 12.4 Å². The Balaban J connectivity index is 1.66. The van der Waals surface area contributed by atoms with Crippen molar-refractivity contribution in [3.05, 3.63) is 75.8 Å². The van der Waals surface area contributed by atoms with Crippen molar-refractivity contribution in [2.24, 2.45) is 0 Å². The van der Waals surface area contributed by atoms with E-state index in [9.17, 15) is 0 Å². The number of rotatable bonds is 6. The predicted molar refractivity (Wildman–Crippen MR) is 121 cm³/mol. The Morgan fingerprint density at radius 3 is 2.45 bits per heavy atom. The summed E-state index contributed by atoms with van der Waals surface area (Å²) in [6, 6.07) is 18.5. The zero-order valence-corrected chi connectivity index (χ0v) is 18.3. The Labute approximate surface area is 179 Å². The number of hydrogen-bond donors (Lipinski definition) is 1. The van der Waals surface area contributed by atoms with E-state index in [1.807, 2.05) is 25.1 Å². The largest absolute Gasteiger partial charge is 0.490 e. The smallest absolute Gasteiger partial charge is 0.175 e. The summed E-state index contributed by atoms with van der Waals surface area (Å²) in [5.74, 6) is 2.20. The maximum absolute atomic E-state index is 6.11. The highest BCUT2D eigenvalue weighted by Gasteiger charge is 2.15. The van der Waals surface area contributed by atoms with Crippen LogP contribution in [0.1, 0.15) is 23.6 Å². The number of nitrogens with zero attached hydrogens (tertiary/aromatic N) is 1. The number of aryl methyl sites for hydroxylation is 2. The van der Waals surface area contributed by atoms with Gasteiger partial charge in [-0.1, -0.05) is 35.9 Å². The van der Waals surface area contributed by atoms with Crippen LogP contribution in [0, 0.1) is 13.8 Å². The van der Waals surface area contributed by atoms with Crippen molar-refractivity contribution in [1.82, 2.24) is 9.97 Å². The van der Waals surface area contributed by atoms with Crippen LogP contribution in [-0.2, 0) is 6.61 Å². The van der Waals surface area contributed by atoms with E-state index in [0.717, 1.165) is 32.5 Å². The van der Waals surface area contributed by atoms with Crippen LogP contribution in [0.15, 0.2) is 59.1 Å². The molecule has 148 valence electrons. The summed E-state index contributed by atoms with van der Waals surface area (Å²) in [7, 11) is 0. The molecule has 0 aliphatic rings. The lowest BCUT2D eigenvalue weighted by molar-refractivity contribution is 0.268. The molecule has 0 radical (unpaired) electrons. The third-order valence-corrected chi connectivity index (χ3v) is 5.31. The molecule has 3 aromatic carbocycles. The van der Waals surface area contributed by atoms with Crippen molar-refractivity contribution < 1.29 is 9.47 Å². The fourth-order valence-corrected chi connectivity index (χ4v) is 3.76. The van der Waals surface area contributed by atoms with Crippen molar-refractivity contribution >= 4 is 27.0 Å². The number of nitrogens with one attached hydrogen (secondary N) is 1. The number of benzene rings is 3. The summed E-state index contributed by atoms with van der Waals surface area (Å²) >= 11 is 3.66. The minimum atomic E-state index is 0.474. The predicted octanol–water partition coefficient (Wildman–Crippen LogP) is 6.59. The van der Waals surface area contributed by atoms with Gasteiger partial charge in [0.15, 0.2) is 11.5 Å². The molecule has 29 heavy (non-hydrogen) atoms. The highest BCUT2D eigenvalue weighted by Crippen LogP contribution is 2.40. The summed E-state index contributed by atoms with van der Waals surface area (Å²) < 4.78 is 12.8. The minimum absolute atomic E-state index is 0.474. The van der Waals surface area contributed by atoms with Crippen molar-refractivity contribution in [2.45, 2.75) is 27.4 Å². The lowest BCUT2D eigenvalue weighted by Gasteiger charge is -2.15. The van der Waals surface area contributed by atoms with Crippen molar-refractivity contribution in [3.63, 3.8) is 0 Å². The molecule has 0 atom stereocenters. The normalized spacial score (nSPS) is 11.0. The first-order valence-electron chi connectivity index (χ1n) is 9.65. The molecule has 4 rings (SSSR count). The van der Waals surface area contributed by atoms with Gasteiger partial charge in [0.2, 0.25) is 0 Å². The quantitative estimate of drug-likeness (QED) is 0.360. The van der Waals surface area contributed by atoms with Crippen LogP contribution in [-0.4, -0.2) is 16.6 Å². The zero-order chi connectivity index (χ0) is 20.4.